The van der Waals surface area contributed by atoms with Crippen LogP contribution in [0.2, 0.25) is 10.0 Å². The number of nitrogens with one attached hydrogen (secondary N) is 1. The molecule has 2 nitrogen and oxygen atoms in total. The fourth-order valence-corrected chi connectivity index (χ4v) is 4.57. The summed E-state index contributed by atoms with van der Waals surface area (Å²) in [6, 6.07) is 15.7. The van der Waals surface area contributed by atoms with E-state index in [0.717, 1.165) is 34.5 Å². The lowest BCUT2D eigenvalue weighted by atomic mass is 9.70. The number of allylic oxidation sites excluding steroid dienone is 3. The Bertz CT molecular complexity index is 973. The molecule has 2 aromatic rings. The first-order valence-corrected chi connectivity index (χ1v) is 9.85. The maximum atomic E-state index is 13.1. The van der Waals surface area contributed by atoms with Crippen molar-refractivity contribution in [2.75, 3.05) is 0 Å². The largest absolute Gasteiger partial charge is 0.358 e. The summed E-state index contributed by atoms with van der Waals surface area (Å²) in [5, 5.41) is 4.72. The molecule has 1 unspecified atom stereocenters. The third-order valence-electron chi connectivity index (χ3n) is 5.23. The van der Waals surface area contributed by atoms with Crippen molar-refractivity contribution in [2.45, 2.75) is 32.6 Å². The van der Waals surface area contributed by atoms with Gasteiger partial charge in [-0.15, -0.1) is 0 Å². The van der Waals surface area contributed by atoms with Gasteiger partial charge in [0.25, 0.3) is 0 Å². The molecule has 0 saturated heterocycles. The molecular formula is C23H21Cl2NO. The summed E-state index contributed by atoms with van der Waals surface area (Å²) in [5.74, 6) is 0.0120. The van der Waals surface area contributed by atoms with Gasteiger partial charge in [0.15, 0.2) is 5.78 Å². The van der Waals surface area contributed by atoms with Crippen molar-refractivity contribution < 1.29 is 4.79 Å². The Hall–Kier alpha value is -2.03. The van der Waals surface area contributed by atoms with Crippen LogP contribution in [0, 0.1) is 5.41 Å². The topological polar surface area (TPSA) is 29.1 Å². The molecule has 0 spiro atoms. The van der Waals surface area contributed by atoms with Gasteiger partial charge in [0, 0.05) is 39.4 Å². The van der Waals surface area contributed by atoms with Crippen LogP contribution in [0.1, 0.15) is 43.7 Å². The summed E-state index contributed by atoms with van der Waals surface area (Å²) in [6.07, 6.45) is 3.49. The number of rotatable bonds is 2. The third-order valence-corrected chi connectivity index (χ3v) is 5.79. The Labute approximate surface area is 169 Å². The van der Waals surface area contributed by atoms with Gasteiger partial charge in [-0.2, -0.15) is 0 Å². The number of hydrogen-bond acceptors (Lipinski definition) is 2. The Morgan fingerprint density at radius 2 is 1.78 bits per heavy atom. The highest BCUT2D eigenvalue weighted by atomic mass is 35.5. The molecule has 0 radical (unpaired) electrons. The van der Waals surface area contributed by atoms with Crippen LogP contribution in [-0.2, 0) is 4.79 Å². The number of halogens is 2. The Morgan fingerprint density at radius 3 is 2.48 bits per heavy atom. The van der Waals surface area contributed by atoms with E-state index in [1.54, 1.807) is 6.07 Å². The lowest BCUT2D eigenvalue weighted by molar-refractivity contribution is -0.118. The van der Waals surface area contributed by atoms with Crippen LogP contribution in [0.4, 0.5) is 0 Å². The van der Waals surface area contributed by atoms with Gasteiger partial charge >= 0.3 is 0 Å². The standard InChI is InChI=1S/C23H21Cl2NO/c1-23(2)12-20-22(21(27)13-23)17(16-9-8-15(24)10-18(16)25)11-19(26-20)14-6-4-3-5-7-14/h3-11,17,26H,12-13H2,1-2H3. The highest BCUT2D eigenvalue weighted by Crippen LogP contribution is 2.46. The molecule has 0 amide bonds. The molecule has 2 aromatic carbocycles. The van der Waals surface area contributed by atoms with Crippen molar-refractivity contribution >= 4 is 34.7 Å². The zero-order valence-electron chi connectivity index (χ0n) is 15.4. The summed E-state index contributed by atoms with van der Waals surface area (Å²) in [5.41, 5.74) is 4.80. The van der Waals surface area contributed by atoms with Crippen molar-refractivity contribution in [3.05, 3.63) is 87.0 Å². The maximum absolute atomic E-state index is 13.1. The minimum atomic E-state index is -0.176. The first-order chi connectivity index (χ1) is 12.8. The number of carbonyl (C=O) groups excluding carboxylic acids is 1. The van der Waals surface area contributed by atoms with Crippen molar-refractivity contribution in [3.63, 3.8) is 0 Å². The van der Waals surface area contributed by atoms with Gasteiger partial charge in [0.05, 0.1) is 0 Å². The molecule has 0 saturated carbocycles. The van der Waals surface area contributed by atoms with Crippen LogP contribution >= 0.6 is 23.2 Å². The van der Waals surface area contributed by atoms with Gasteiger partial charge in [-0.05, 0) is 41.2 Å². The zero-order chi connectivity index (χ0) is 19.2. The fraction of sp³-hybridized carbons (Fsp3) is 0.261. The number of hydrogen-bond donors (Lipinski definition) is 1. The van der Waals surface area contributed by atoms with Crippen LogP contribution < -0.4 is 5.32 Å². The van der Waals surface area contributed by atoms with E-state index >= 15 is 0 Å². The summed E-state index contributed by atoms with van der Waals surface area (Å²) < 4.78 is 0. The second-order valence-electron chi connectivity index (χ2n) is 8.05. The van der Waals surface area contributed by atoms with Crippen molar-refractivity contribution in [3.8, 4) is 0 Å². The molecule has 1 aliphatic carbocycles. The molecule has 2 aliphatic rings. The number of Topliss-reactive ketones (excluding diaryl/α,β-unsaturated/α-hetero) is 1. The summed E-state index contributed by atoms with van der Waals surface area (Å²) in [4.78, 5) is 13.1. The van der Waals surface area contributed by atoms with Gasteiger partial charge in [0.1, 0.15) is 0 Å². The summed E-state index contributed by atoms with van der Waals surface area (Å²) >= 11 is 12.6. The summed E-state index contributed by atoms with van der Waals surface area (Å²) in [7, 11) is 0. The number of ketones is 1. The van der Waals surface area contributed by atoms with Crippen molar-refractivity contribution in [1.82, 2.24) is 5.32 Å². The SMILES string of the molecule is CC1(C)CC(=O)C2=C(C1)NC(c1ccccc1)=CC2c1ccc(Cl)cc1Cl. The Morgan fingerprint density at radius 1 is 1.04 bits per heavy atom. The first-order valence-electron chi connectivity index (χ1n) is 9.09. The maximum Gasteiger partial charge on any atom is 0.162 e. The molecule has 1 heterocycles. The van der Waals surface area contributed by atoms with Gasteiger partial charge in [-0.3, -0.25) is 4.79 Å². The van der Waals surface area contributed by atoms with E-state index < -0.39 is 0 Å². The van der Waals surface area contributed by atoms with Gasteiger partial charge in [0.2, 0.25) is 0 Å². The normalized spacial score (nSPS) is 21.4. The molecule has 1 atom stereocenters. The highest BCUT2D eigenvalue weighted by Gasteiger charge is 2.39. The molecule has 27 heavy (non-hydrogen) atoms. The average Bonchev–Trinajstić information content (AvgIpc) is 2.60. The molecule has 4 heteroatoms. The lowest BCUT2D eigenvalue weighted by Gasteiger charge is -2.38. The molecule has 0 bridgehead atoms. The number of benzene rings is 2. The number of carbonyl (C=O) groups is 1. The van der Waals surface area contributed by atoms with E-state index in [-0.39, 0.29) is 17.1 Å². The van der Waals surface area contributed by atoms with Crippen LogP contribution in [0.3, 0.4) is 0 Å². The quantitative estimate of drug-likeness (QED) is 0.637. The van der Waals surface area contributed by atoms with Crippen molar-refractivity contribution in [1.29, 1.82) is 0 Å². The van der Waals surface area contributed by atoms with Gasteiger partial charge in [-0.25, -0.2) is 0 Å². The third kappa shape index (κ3) is 3.56. The predicted molar refractivity (Wildman–Crippen MR) is 112 cm³/mol. The highest BCUT2D eigenvalue weighted by molar-refractivity contribution is 6.35. The second-order valence-corrected chi connectivity index (χ2v) is 8.89. The van der Waals surface area contributed by atoms with Crippen LogP contribution in [0.25, 0.3) is 5.70 Å². The van der Waals surface area contributed by atoms with E-state index in [1.165, 1.54) is 0 Å². The predicted octanol–water partition coefficient (Wildman–Crippen LogP) is 6.36. The zero-order valence-corrected chi connectivity index (χ0v) is 16.9. The summed E-state index contributed by atoms with van der Waals surface area (Å²) in [6.45, 7) is 4.28. The fourth-order valence-electron chi connectivity index (χ4n) is 4.05. The van der Waals surface area contributed by atoms with Crippen molar-refractivity contribution in [2.24, 2.45) is 5.41 Å². The van der Waals surface area contributed by atoms with E-state index in [2.05, 4.69) is 37.4 Å². The van der Waals surface area contributed by atoms with Gasteiger partial charge in [-0.1, -0.05) is 73.4 Å². The van der Waals surface area contributed by atoms with E-state index in [4.69, 9.17) is 23.2 Å². The molecule has 1 N–H and O–H groups in total. The molecule has 0 fully saturated rings. The van der Waals surface area contributed by atoms with Crippen LogP contribution in [-0.4, -0.2) is 5.78 Å². The van der Waals surface area contributed by atoms with Crippen LogP contribution in [0.15, 0.2) is 65.9 Å². The molecular weight excluding hydrogens is 377 g/mol. The first kappa shape index (κ1) is 18.3. The van der Waals surface area contributed by atoms with Crippen LogP contribution in [0.5, 0.6) is 0 Å². The lowest BCUT2D eigenvalue weighted by Crippen LogP contribution is -2.35. The molecule has 4 rings (SSSR count). The van der Waals surface area contributed by atoms with E-state index in [1.807, 2.05) is 30.3 Å². The minimum Gasteiger partial charge on any atom is -0.358 e. The van der Waals surface area contributed by atoms with E-state index in [9.17, 15) is 4.79 Å². The second kappa shape index (κ2) is 6.85. The molecule has 138 valence electrons. The number of dihydropyridines is 1. The minimum absolute atomic E-state index is 0.0591. The Balaban J connectivity index is 1.87. The van der Waals surface area contributed by atoms with Gasteiger partial charge < -0.3 is 5.32 Å². The molecule has 1 aliphatic heterocycles. The Kier molecular flexibility index (Phi) is 4.65. The van der Waals surface area contributed by atoms with E-state index in [0.29, 0.717) is 16.5 Å². The smallest absolute Gasteiger partial charge is 0.162 e. The monoisotopic (exact) mass is 397 g/mol. The molecule has 0 aromatic heterocycles. The average molecular weight is 398 g/mol.